The Hall–Kier alpha value is -3.34. The number of nitrogens with one attached hydrogen (secondary N) is 1. The number of amides is 1. The zero-order valence-electron chi connectivity index (χ0n) is 15.0. The van der Waals surface area contributed by atoms with Gasteiger partial charge in [-0.1, -0.05) is 54.6 Å². The molecule has 0 spiro atoms. The molecule has 0 saturated carbocycles. The first kappa shape index (κ1) is 18.5. The highest BCUT2D eigenvalue weighted by atomic mass is 16.5. The number of fused-ring (bicyclic) bond motifs is 1. The van der Waals surface area contributed by atoms with Crippen molar-refractivity contribution in [1.29, 1.82) is 0 Å². The van der Waals surface area contributed by atoms with Gasteiger partial charge in [0.1, 0.15) is 5.75 Å². The van der Waals surface area contributed by atoms with Crippen molar-refractivity contribution in [3.63, 3.8) is 0 Å². The van der Waals surface area contributed by atoms with Gasteiger partial charge in [0.15, 0.2) is 6.61 Å². The fourth-order valence-corrected chi connectivity index (χ4v) is 2.97. The van der Waals surface area contributed by atoms with Crippen LogP contribution in [0.1, 0.15) is 24.1 Å². The largest absolute Gasteiger partial charge is 0.508 e. The third-order valence-electron chi connectivity index (χ3n) is 4.32. The molecule has 0 aliphatic heterocycles. The molecule has 5 heteroatoms. The van der Waals surface area contributed by atoms with E-state index in [1.807, 2.05) is 49.4 Å². The first-order chi connectivity index (χ1) is 13.0. The predicted octanol–water partition coefficient (Wildman–Crippen LogP) is 3.51. The molecular formula is C22H21NO4. The average Bonchev–Trinajstić information content (AvgIpc) is 2.67. The van der Waals surface area contributed by atoms with Gasteiger partial charge in [-0.2, -0.15) is 0 Å². The molecule has 3 aromatic carbocycles. The molecule has 5 nitrogen and oxygen atoms in total. The van der Waals surface area contributed by atoms with Crippen molar-refractivity contribution in [3.05, 3.63) is 77.9 Å². The summed E-state index contributed by atoms with van der Waals surface area (Å²) in [5.74, 6) is -0.711. The summed E-state index contributed by atoms with van der Waals surface area (Å²) in [5.41, 5.74) is 1.72. The molecule has 1 atom stereocenters. The minimum absolute atomic E-state index is 0.0481. The lowest BCUT2D eigenvalue weighted by Gasteiger charge is -2.16. The topological polar surface area (TPSA) is 75.6 Å². The molecule has 2 N–H and O–H groups in total. The van der Waals surface area contributed by atoms with E-state index in [1.54, 1.807) is 12.1 Å². The lowest BCUT2D eigenvalue weighted by atomic mass is 10.00. The first-order valence-corrected chi connectivity index (χ1v) is 8.73. The Balaban J connectivity index is 1.54. The summed E-state index contributed by atoms with van der Waals surface area (Å²) in [5, 5.41) is 14.3. The van der Waals surface area contributed by atoms with Crippen molar-refractivity contribution in [2.75, 3.05) is 6.61 Å². The van der Waals surface area contributed by atoms with E-state index in [0.717, 1.165) is 16.3 Å². The fraction of sp³-hybridized carbons (Fsp3) is 0.182. The SMILES string of the molecule is C[C@@H](NC(=O)COC(=O)Cc1ccc(O)cc1)c1cccc2ccccc12. The third-order valence-corrected chi connectivity index (χ3v) is 4.32. The lowest BCUT2D eigenvalue weighted by Crippen LogP contribution is -2.31. The van der Waals surface area contributed by atoms with Crippen LogP contribution in [0.4, 0.5) is 0 Å². The average molecular weight is 363 g/mol. The fourth-order valence-electron chi connectivity index (χ4n) is 2.97. The van der Waals surface area contributed by atoms with Crippen LogP contribution in [0.2, 0.25) is 0 Å². The number of carbonyl (C=O) groups excluding carboxylic acids is 2. The summed E-state index contributed by atoms with van der Waals surface area (Å²) in [6.45, 7) is 1.57. The van der Waals surface area contributed by atoms with Crippen molar-refractivity contribution in [2.45, 2.75) is 19.4 Å². The number of phenolic OH excluding ortho intramolecular Hbond substituents is 1. The molecule has 0 radical (unpaired) electrons. The summed E-state index contributed by atoms with van der Waals surface area (Å²) in [6.07, 6.45) is 0.0481. The van der Waals surface area contributed by atoms with Crippen molar-refractivity contribution in [2.24, 2.45) is 0 Å². The van der Waals surface area contributed by atoms with E-state index in [4.69, 9.17) is 4.74 Å². The Labute approximate surface area is 157 Å². The number of esters is 1. The van der Waals surface area contributed by atoms with Gasteiger partial charge in [0.25, 0.3) is 5.91 Å². The van der Waals surface area contributed by atoms with E-state index in [-0.39, 0.29) is 30.7 Å². The number of hydrogen-bond acceptors (Lipinski definition) is 4. The number of aromatic hydroxyl groups is 1. The third kappa shape index (κ3) is 4.85. The van der Waals surface area contributed by atoms with Crippen LogP contribution in [0.5, 0.6) is 5.75 Å². The molecule has 0 aliphatic rings. The maximum Gasteiger partial charge on any atom is 0.310 e. The maximum absolute atomic E-state index is 12.1. The van der Waals surface area contributed by atoms with Gasteiger partial charge in [-0.3, -0.25) is 9.59 Å². The highest BCUT2D eigenvalue weighted by Crippen LogP contribution is 2.23. The zero-order valence-corrected chi connectivity index (χ0v) is 15.0. The van der Waals surface area contributed by atoms with Gasteiger partial charge in [-0.25, -0.2) is 0 Å². The van der Waals surface area contributed by atoms with Gasteiger partial charge in [0, 0.05) is 0 Å². The highest BCUT2D eigenvalue weighted by molar-refractivity contribution is 5.87. The van der Waals surface area contributed by atoms with E-state index in [9.17, 15) is 14.7 Å². The molecule has 27 heavy (non-hydrogen) atoms. The summed E-state index contributed by atoms with van der Waals surface area (Å²) in [7, 11) is 0. The number of phenols is 1. The van der Waals surface area contributed by atoms with Gasteiger partial charge < -0.3 is 15.2 Å². The quantitative estimate of drug-likeness (QED) is 0.657. The zero-order chi connectivity index (χ0) is 19.2. The van der Waals surface area contributed by atoms with E-state index in [0.29, 0.717) is 5.56 Å². The summed E-state index contributed by atoms with van der Waals surface area (Å²) < 4.78 is 5.05. The molecular weight excluding hydrogens is 342 g/mol. The maximum atomic E-state index is 12.1. The first-order valence-electron chi connectivity index (χ1n) is 8.73. The Morgan fingerprint density at radius 3 is 2.48 bits per heavy atom. The minimum Gasteiger partial charge on any atom is -0.508 e. The molecule has 0 unspecified atom stereocenters. The van der Waals surface area contributed by atoms with Crippen LogP contribution in [0.15, 0.2) is 66.7 Å². The molecule has 0 aliphatic carbocycles. The van der Waals surface area contributed by atoms with Crippen molar-refractivity contribution in [1.82, 2.24) is 5.32 Å². The minimum atomic E-state index is -0.492. The number of rotatable bonds is 6. The van der Waals surface area contributed by atoms with Crippen LogP contribution in [0.3, 0.4) is 0 Å². The summed E-state index contributed by atoms with van der Waals surface area (Å²) in [4.78, 5) is 24.0. The van der Waals surface area contributed by atoms with Crippen LogP contribution in [-0.2, 0) is 20.7 Å². The second kappa shape index (κ2) is 8.36. The van der Waals surface area contributed by atoms with Crippen molar-refractivity contribution in [3.8, 4) is 5.75 Å². The molecule has 3 aromatic rings. The standard InChI is InChI=1S/C22H21NO4/c1-15(19-8-4-6-17-5-2-3-7-20(17)19)23-21(25)14-27-22(26)13-16-9-11-18(24)12-10-16/h2-12,15,24H,13-14H2,1H3,(H,23,25)/t15-/m1/s1. The second-order valence-electron chi connectivity index (χ2n) is 6.36. The van der Waals surface area contributed by atoms with E-state index in [2.05, 4.69) is 5.32 Å². The van der Waals surface area contributed by atoms with Crippen LogP contribution in [-0.4, -0.2) is 23.6 Å². The second-order valence-corrected chi connectivity index (χ2v) is 6.36. The molecule has 0 fully saturated rings. The Morgan fingerprint density at radius 1 is 1.00 bits per heavy atom. The van der Waals surface area contributed by atoms with Crippen molar-refractivity contribution >= 4 is 22.6 Å². The van der Waals surface area contributed by atoms with Gasteiger partial charge in [-0.05, 0) is 41.0 Å². The number of carbonyl (C=O) groups is 2. The van der Waals surface area contributed by atoms with Crippen molar-refractivity contribution < 1.29 is 19.4 Å². The van der Waals surface area contributed by atoms with E-state index in [1.165, 1.54) is 12.1 Å². The van der Waals surface area contributed by atoms with Crippen LogP contribution >= 0.6 is 0 Å². The predicted molar refractivity (Wildman–Crippen MR) is 103 cm³/mol. The number of ether oxygens (including phenoxy) is 1. The molecule has 0 aromatic heterocycles. The van der Waals surface area contributed by atoms with E-state index >= 15 is 0 Å². The smallest absolute Gasteiger partial charge is 0.310 e. The molecule has 1 amide bonds. The van der Waals surface area contributed by atoms with E-state index < -0.39 is 5.97 Å². The molecule has 138 valence electrons. The van der Waals surface area contributed by atoms with Gasteiger partial charge in [0.05, 0.1) is 12.5 Å². The molecule has 0 saturated heterocycles. The monoisotopic (exact) mass is 363 g/mol. The Kier molecular flexibility index (Phi) is 5.71. The van der Waals surface area contributed by atoms with Gasteiger partial charge in [0.2, 0.25) is 0 Å². The molecule has 0 heterocycles. The van der Waals surface area contributed by atoms with Crippen LogP contribution in [0, 0.1) is 0 Å². The van der Waals surface area contributed by atoms with Crippen LogP contribution < -0.4 is 5.32 Å². The Bertz CT molecular complexity index is 945. The summed E-state index contributed by atoms with van der Waals surface area (Å²) >= 11 is 0. The van der Waals surface area contributed by atoms with Gasteiger partial charge in [-0.15, -0.1) is 0 Å². The van der Waals surface area contributed by atoms with Gasteiger partial charge >= 0.3 is 5.97 Å². The lowest BCUT2D eigenvalue weighted by molar-refractivity contribution is -0.148. The normalized spacial score (nSPS) is 11.7. The number of benzene rings is 3. The number of hydrogen-bond donors (Lipinski definition) is 2. The molecule has 0 bridgehead atoms. The Morgan fingerprint density at radius 2 is 1.70 bits per heavy atom. The highest BCUT2D eigenvalue weighted by Gasteiger charge is 2.14. The molecule has 3 rings (SSSR count). The van der Waals surface area contributed by atoms with Crippen LogP contribution in [0.25, 0.3) is 10.8 Å². The summed E-state index contributed by atoms with van der Waals surface area (Å²) in [6, 6.07) is 20.0.